The Hall–Kier alpha value is -1.62. The first kappa shape index (κ1) is 20.4. The summed E-state index contributed by atoms with van der Waals surface area (Å²) in [5, 5.41) is 0. The first-order valence-corrected chi connectivity index (χ1v) is 7.69. The predicted molar refractivity (Wildman–Crippen MR) is 77.9 cm³/mol. The molecular weight excluding hydrogens is 328 g/mol. The molecule has 0 saturated carbocycles. The minimum Gasteiger partial charge on any atom is -0.432 e. The van der Waals surface area contributed by atoms with Gasteiger partial charge in [-0.1, -0.05) is 0 Å². The highest BCUT2D eigenvalue weighted by molar-refractivity contribution is 5.60. The fourth-order valence-corrected chi connectivity index (χ4v) is 1.46. The van der Waals surface area contributed by atoms with Crippen molar-refractivity contribution in [3.63, 3.8) is 0 Å². The van der Waals surface area contributed by atoms with Crippen LogP contribution in [-0.2, 0) is 37.9 Å². The molecule has 0 aromatic rings. The number of hydrogen-bond donors (Lipinski definition) is 0. The second-order valence-corrected chi connectivity index (χ2v) is 4.34. The Morgan fingerprint density at radius 2 is 0.583 bits per heavy atom. The molecule has 0 aromatic heterocycles. The summed E-state index contributed by atoms with van der Waals surface area (Å²) in [5.41, 5.74) is 0. The summed E-state index contributed by atoms with van der Waals surface area (Å²) in [4.78, 5) is 22.4. The number of ether oxygens (including phenoxy) is 8. The van der Waals surface area contributed by atoms with Gasteiger partial charge in [-0.3, -0.25) is 0 Å². The van der Waals surface area contributed by atoms with Crippen LogP contribution in [0, 0.1) is 0 Å². The molecule has 1 rings (SSSR count). The Balaban J connectivity index is 2.16. The van der Waals surface area contributed by atoms with Crippen molar-refractivity contribution in [2.75, 3.05) is 79.3 Å². The number of hydrogen-bond acceptors (Lipinski definition) is 10. The van der Waals surface area contributed by atoms with E-state index in [2.05, 4.69) is 0 Å². The highest BCUT2D eigenvalue weighted by atomic mass is 16.7. The summed E-state index contributed by atoms with van der Waals surface area (Å²) < 4.78 is 39.9. The second kappa shape index (κ2) is 14.9. The third-order valence-corrected chi connectivity index (χ3v) is 2.53. The first-order chi connectivity index (χ1) is 11.8. The van der Waals surface area contributed by atoms with Crippen molar-refractivity contribution in [3.8, 4) is 0 Å². The van der Waals surface area contributed by atoms with Gasteiger partial charge in [-0.25, -0.2) is 9.59 Å². The fourth-order valence-electron chi connectivity index (χ4n) is 1.46. The Morgan fingerprint density at radius 3 is 0.833 bits per heavy atom. The van der Waals surface area contributed by atoms with Gasteiger partial charge in [-0.2, -0.15) is 0 Å². The maximum absolute atomic E-state index is 11.2. The molecule has 10 nitrogen and oxygen atoms in total. The summed E-state index contributed by atoms with van der Waals surface area (Å²) in [6.45, 7) is 2.58. The van der Waals surface area contributed by atoms with Crippen molar-refractivity contribution in [1.29, 1.82) is 0 Å². The van der Waals surface area contributed by atoms with E-state index in [-0.39, 0.29) is 52.9 Å². The molecule has 10 heteroatoms. The normalized spacial score (nSPS) is 21.8. The Bertz CT molecular complexity index is 276. The molecule has 1 fully saturated rings. The smallest absolute Gasteiger partial charge is 0.432 e. The van der Waals surface area contributed by atoms with Gasteiger partial charge in [0.25, 0.3) is 0 Å². The average molecular weight is 352 g/mol. The number of rotatable bonds is 0. The lowest BCUT2D eigenvalue weighted by atomic mass is 10.7. The predicted octanol–water partition coefficient (Wildman–Crippen LogP) is 0.373. The van der Waals surface area contributed by atoms with Crippen LogP contribution >= 0.6 is 0 Å². The van der Waals surface area contributed by atoms with Crippen molar-refractivity contribution in [2.45, 2.75) is 0 Å². The molecule has 0 unspecified atom stereocenters. The van der Waals surface area contributed by atoms with Crippen LogP contribution in [0.3, 0.4) is 0 Å². The Labute approximate surface area is 140 Å². The third kappa shape index (κ3) is 12.9. The molecule has 0 bridgehead atoms. The zero-order valence-corrected chi connectivity index (χ0v) is 13.6. The lowest BCUT2D eigenvalue weighted by molar-refractivity contribution is -0.0223. The molecule has 0 aromatic carbocycles. The number of carbonyl (C=O) groups is 2. The maximum Gasteiger partial charge on any atom is 0.508 e. The largest absolute Gasteiger partial charge is 0.508 e. The van der Waals surface area contributed by atoms with Gasteiger partial charge < -0.3 is 37.9 Å². The van der Waals surface area contributed by atoms with E-state index < -0.39 is 12.3 Å². The van der Waals surface area contributed by atoms with Crippen LogP contribution in [0.2, 0.25) is 0 Å². The zero-order chi connectivity index (χ0) is 17.3. The average Bonchev–Trinajstić information content (AvgIpc) is 2.57. The molecule has 0 N–H and O–H groups in total. The molecule has 1 heterocycles. The van der Waals surface area contributed by atoms with Crippen LogP contribution in [0.1, 0.15) is 0 Å². The molecule has 1 saturated heterocycles. The van der Waals surface area contributed by atoms with E-state index in [0.717, 1.165) is 0 Å². The molecule has 1 aliphatic rings. The molecule has 0 atom stereocenters. The van der Waals surface area contributed by atoms with Crippen molar-refractivity contribution in [2.24, 2.45) is 0 Å². The van der Waals surface area contributed by atoms with Crippen molar-refractivity contribution in [3.05, 3.63) is 0 Å². The van der Waals surface area contributed by atoms with E-state index in [1.165, 1.54) is 0 Å². The van der Waals surface area contributed by atoms with Gasteiger partial charge in [-0.15, -0.1) is 0 Å². The first-order valence-electron chi connectivity index (χ1n) is 7.69. The molecule has 24 heavy (non-hydrogen) atoms. The van der Waals surface area contributed by atoms with E-state index >= 15 is 0 Å². The van der Waals surface area contributed by atoms with E-state index in [9.17, 15) is 9.59 Å². The van der Waals surface area contributed by atoms with Crippen molar-refractivity contribution < 1.29 is 47.5 Å². The topological polar surface area (TPSA) is 108 Å². The fraction of sp³-hybridized carbons (Fsp3) is 0.857. The van der Waals surface area contributed by atoms with Crippen LogP contribution in [0.15, 0.2) is 0 Å². The number of cyclic esters (lactones) is 4. The summed E-state index contributed by atoms with van der Waals surface area (Å²) in [6, 6.07) is 0. The standard InChI is InChI=1S/C14H24O10/c15-13-21-9-5-17-1-2-18-6-10-22-14(16)24-12-8-20-4-3-19-7-11-23-13/h1-12H2. The third-order valence-electron chi connectivity index (χ3n) is 2.53. The van der Waals surface area contributed by atoms with Crippen molar-refractivity contribution in [1.82, 2.24) is 0 Å². The van der Waals surface area contributed by atoms with Gasteiger partial charge in [0.1, 0.15) is 26.4 Å². The van der Waals surface area contributed by atoms with E-state index in [1.54, 1.807) is 0 Å². The number of carbonyl (C=O) groups excluding carboxylic acids is 2. The van der Waals surface area contributed by atoms with Crippen LogP contribution in [0.5, 0.6) is 0 Å². The Morgan fingerprint density at radius 1 is 0.375 bits per heavy atom. The molecule has 140 valence electrons. The highest BCUT2D eigenvalue weighted by Crippen LogP contribution is 1.90. The van der Waals surface area contributed by atoms with Gasteiger partial charge >= 0.3 is 12.3 Å². The quantitative estimate of drug-likeness (QED) is 0.567. The van der Waals surface area contributed by atoms with Crippen molar-refractivity contribution >= 4 is 12.3 Å². The highest BCUT2D eigenvalue weighted by Gasteiger charge is 2.05. The SMILES string of the molecule is O=C1OCCOCCOCCOC(=O)OCCOCCOCCO1. The summed E-state index contributed by atoms with van der Waals surface area (Å²) >= 11 is 0. The molecule has 1 aliphatic heterocycles. The van der Waals surface area contributed by atoms with Crippen LogP contribution < -0.4 is 0 Å². The van der Waals surface area contributed by atoms with Gasteiger partial charge in [0.15, 0.2) is 0 Å². The lowest BCUT2D eigenvalue weighted by Gasteiger charge is -2.10. The zero-order valence-electron chi connectivity index (χ0n) is 13.6. The Kier molecular flexibility index (Phi) is 12.7. The molecular formula is C14H24O10. The molecule has 0 amide bonds. The second-order valence-electron chi connectivity index (χ2n) is 4.34. The van der Waals surface area contributed by atoms with Crippen LogP contribution in [0.4, 0.5) is 9.59 Å². The van der Waals surface area contributed by atoms with Crippen LogP contribution in [0.25, 0.3) is 0 Å². The maximum atomic E-state index is 11.2. The summed E-state index contributed by atoms with van der Waals surface area (Å²) in [7, 11) is 0. The lowest BCUT2D eigenvalue weighted by Crippen LogP contribution is -2.18. The van der Waals surface area contributed by atoms with Gasteiger partial charge in [0.05, 0.1) is 52.9 Å². The van der Waals surface area contributed by atoms with Gasteiger partial charge in [0.2, 0.25) is 0 Å². The van der Waals surface area contributed by atoms with Gasteiger partial charge in [0, 0.05) is 0 Å². The minimum absolute atomic E-state index is 0.0858. The van der Waals surface area contributed by atoms with Gasteiger partial charge in [-0.05, 0) is 0 Å². The molecule has 0 spiro atoms. The molecule has 0 aliphatic carbocycles. The monoisotopic (exact) mass is 352 g/mol. The van der Waals surface area contributed by atoms with E-state index in [1.807, 2.05) is 0 Å². The summed E-state index contributed by atoms with van der Waals surface area (Å²) in [5.74, 6) is 0. The molecule has 0 radical (unpaired) electrons. The van der Waals surface area contributed by atoms with Crippen LogP contribution in [-0.4, -0.2) is 91.6 Å². The minimum atomic E-state index is -0.768. The summed E-state index contributed by atoms with van der Waals surface area (Å²) in [6.07, 6.45) is -1.54. The van der Waals surface area contributed by atoms with E-state index in [0.29, 0.717) is 26.4 Å². The van der Waals surface area contributed by atoms with E-state index in [4.69, 9.17) is 37.9 Å².